The molecule has 1 saturated heterocycles. The summed E-state index contributed by atoms with van der Waals surface area (Å²) in [5.41, 5.74) is 2.88. The number of anilines is 1. The molecule has 2 aromatic carbocycles. The quantitative estimate of drug-likeness (QED) is 0.637. The number of nitrogens with zero attached hydrogens (tertiary/aromatic N) is 3. The van der Waals surface area contributed by atoms with Gasteiger partial charge < -0.3 is 9.80 Å². The van der Waals surface area contributed by atoms with Gasteiger partial charge in [0.05, 0.1) is 0 Å². The number of piperidine rings is 1. The van der Waals surface area contributed by atoms with Gasteiger partial charge in [-0.05, 0) is 55.2 Å². The average Bonchev–Trinajstić information content (AvgIpc) is 3.26. The Morgan fingerprint density at radius 2 is 1.83 bits per heavy atom. The van der Waals surface area contributed by atoms with E-state index in [9.17, 15) is 13.2 Å². The van der Waals surface area contributed by atoms with E-state index in [1.165, 1.54) is 5.56 Å². The first-order chi connectivity index (χ1) is 13.9. The highest BCUT2D eigenvalue weighted by Gasteiger charge is 2.36. The molecule has 1 fully saturated rings. The molecule has 0 aliphatic carbocycles. The highest BCUT2D eigenvalue weighted by Crippen LogP contribution is 2.34. The van der Waals surface area contributed by atoms with Gasteiger partial charge in [-0.3, -0.25) is 4.79 Å². The Hall–Kier alpha value is -2.19. The lowest BCUT2D eigenvalue weighted by molar-refractivity contribution is -0.123. The van der Waals surface area contributed by atoms with Gasteiger partial charge in [0.25, 0.3) is 10.0 Å². The molecule has 3 aliphatic rings. The number of amidine groups is 1. The van der Waals surface area contributed by atoms with Crippen molar-refractivity contribution in [3.05, 3.63) is 58.1 Å². The van der Waals surface area contributed by atoms with Crippen LogP contribution in [0.5, 0.6) is 0 Å². The second-order valence-corrected chi connectivity index (χ2v) is 10.1. The second kappa shape index (κ2) is 6.95. The summed E-state index contributed by atoms with van der Waals surface area (Å²) < 4.78 is 29.7. The van der Waals surface area contributed by atoms with Crippen molar-refractivity contribution < 1.29 is 13.2 Å². The minimum atomic E-state index is -3.62. The molecule has 2 aromatic rings. The fraction of sp³-hybridized carbons (Fsp3) is 0.333. The van der Waals surface area contributed by atoms with E-state index in [1.54, 1.807) is 18.2 Å². The molecule has 0 spiro atoms. The summed E-state index contributed by atoms with van der Waals surface area (Å²) in [7, 11) is -3.62. The summed E-state index contributed by atoms with van der Waals surface area (Å²) in [6.07, 6.45) is 2.27. The number of amides is 1. The number of rotatable bonds is 1. The summed E-state index contributed by atoms with van der Waals surface area (Å²) in [5, 5.41) is 0. The standard InChI is InChI=1S/C21H20BrN3O3S/c22-16-5-6-18-15(13-16)9-12-25(18)21(26)14-7-10-24(11-8-14)20-17-3-1-2-4-19(17)29(27,28)23-20/h1-6,13-14H,7-12H2. The first-order valence-corrected chi connectivity index (χ1v) is 12.0. The molecule has 0 bridgehead atoms. The van der Waals surface area contributed by atoms with Crippen LogP contribution in [0.25, 0.3) is 0 Å². The Morgan fingerprint density at radius 3 is 2.62 bits per heavy atom. The molecule has 29 heavy (non-hydrogen) atoms. The van der Waals surface area contributed by atoms with Crippen molar-refractivity contribution in [3.8, 4) is 0 Å². The lowest BCUT2D eigenvalue weighted by Gasteiger charge is -2.34. The molecule has 0 saturated carbocycles. The molecule has 150 valence electrons. The smallest absolute Gasteiger partial charge is 0.285 e. The van der Waals surface area contributed by atoms with Crippen LogP contribution < -0.4 is 4.90 Å². The number of sulfonamides is 1. The van der Waals surface area contributed by atoms with Gasteiger partial charge in [0, 0.05) is 41.3 Å². The van der Waals surface area contributed by atoms with Crippen LogP contribution in [-0.4, -0.2) is 44.7 Å². The predicted molar refractivity (Wildman–Crippen MR) is 115 cm³/mol. The number of likely N-dealkylation sites (tertiary alicyclic amines) is 1. The Balaban J connectivity index is 1.30. The predicted octanol–water partition coefficient (Wildman–Crippen LogP) is 3.20. The van der Waals surface area contributed by atoms with Gasteiger partial charge >= 0.3 is 0 Å². The van der Waals surface area contributed by atoms with Gasteiger partial charge in [0.2, 0.25) is 5.91 Å². The van der Waals surface area contributed by atoms with Crippen LogP contribution in [0.2, 0.25) is 0 Å². The van der Waals surface area contributed by atoms with Crippen LogP contribution in [0.15, 0.2) is 56.2 Å². The highest BCUT2D eigenvalue weighted by atomic mass is 79.9. The summed E-state index contributed by atoms with van der Waals surface area (Å²) >= 11 is 3.49. The van der Waals surface area contributed by atoms with E-state index in [-0.39, 0.29) is 16.7 Å². The summed E-state index contributed by atoms with van der Waals surface area (Å²) in [6.45, 7) is 1.98. The maximum Gasteiger partial charge on any atom is 0.285 e. The van der Waals surface area contributed by atoms with Crippen molar-refractivity contribution in [2.75, 3.05) is 24.5 Å². The van der Waals surface area contributed by atoms with Gasteiger partial charge in [-0.2, -0.15) is 8.42 Å². The molecule has 0 N–H and O–H groups in total. The number of fused-ring (bicyclic) bond motifs is 2. The van der Waals surface area contributed by atoms with Crippen LogP contribution in [0.1, 0.15) is 24.0 Å². The Bertz CT molecular complexity index is 1140. The largest absolute Gasteiger partial charge is 0.355 e. The van der Waals surface area contributed by atoms with Crippen LogP contribution >= 0.6 is 15.9 Å². The van der Waals surface area contributed by atoms with E-state index in [1.807, 2.05) is 28.0 Å². The van der Waals surface area contributed by atoms with Crippen LogP contribution in [-0.2, 0) is 21.2 Å². The second-order valence-electron chi connectivity index (χ2n) is 7.66. The molecular weight excluding hydrogens is 454 g/mol. The monoisotopic (exact) mass is 473 g/mol. The van der Waals surface area contributed by atoms with Crippen molar-refractivity contribution in [3.63, 3.8) is 0 Å². The zero-order valence-corrected chi connectivity index (χ0v) is 18.1. The number of halogens is 1. The third-order valence-electron chi connectivity index (χ3n) is 5.96. The molecule has 8 heteroatoms. The molecule has 3 aliphatic heterocycles. The third-order valence-corrected chi connectivity index (χ3v) is 7.78. The molecule has 5 rings (SSSR count). The molecule has 1 amide bonds. The fourth-order valence-electron chi connectivity index (χ4n) is 4.47. The van der Waals surface area contributed by atoms with E-state index in [0.717, 1.165) is 23.1 Å². The van der Waals surface area contributed by atoms with Gasteiger partial charge in [-0.25, -0.2) is 0 Å². The van der Waals surface area contributed by atoms with Crippen molar-refractivity contribution in [2.45, 2.75) is 24.2 Å². The Kier molecular flexibility index (Phi) is 4.51. The van der Waals surface area contributed by atoms with E-state index in [0.29, 0.717) is 37.3 Å². The number of carbonyl (C=O) groups is 1. The SMILES string of the molecule is O=C(C1CCN(C2=NS(=O)(=O)c3ccccc32)CC1)N1CCc2cc(Br)ccc21. The molecule has 0 atom stereocenters. The van der Waals surface area contributed by atoms with Crippen LogP contribution in [0.4, 0.5) is 5.69 Å². The highest BCUT2D eigenvalue weighted by molar-refractivity contribution is 9.10. The maximum absolute atomic E-state index is 13.1. The minimum Gasteiger partial charge on any atom is -0.355 e. The Labute approximate surface area is 178 Å². The first-order valence-electron chi connectivity index (χ1n) is 9.73. The molecule has 6 nitrogen and oxygen atoms in total. The van der Waals surface area contributed by atoms with Gasteiger partial charge in [0.1, 0.15) is 4.90 Å². The number of hydrogen-bond donors (Lipinski definition) is 0. The lowest BCUT2D eigenvalue weighted by Crippen LogP contribution is -2.44. The maximum atomic E-state index is 13.1. The van der Waals surface area contributed by atoms with E-state index in [2.05, 4.69) is 26.4 Å². The molecule has 0 radical (unpaired) electrons. The fourth-order valence-corrected chi connectivity index (χ4v) is 6.11. The van der Waals surface area contributed by atoms with Gasteiger partial charge in [-0.1, -0.05) is 28.1 Å². The van der Waals surface area contributed by atoms with Crippen LogP contribution in [0, 0.1) is 5.92 Å². The normalized spacial score (nSPS) is 20.4. The number of hydrogen-bond acceptors (Lipinski definition) is 4. The summed E-state index contributed by atoms with van der Waals surface area (Å²) in [4.78, 5) is 17.3. The Morgan fingerprint density at radius 1 is 1.07 bits per heavy atom. The van der Waals surface area contributed by atoms with Gasteiger partial charge in [0.15, 0.2) is 5.84 Å². The van der Waals surface area contributed by atoms with Crippen molar-refractivity contribution in [2.24, 2.45) is 10.3 Å². The van der Waals surface area contributed by atoms with E-state index in [4.69, 9.17) is 0 Å². The van der Waals surface area contributed by atoms with Crippen molar-refractivity contribution in [1.82, 2.24) is 4.90 Å². The van der Waals surface area contributed by atoms with E-state index < -0.39 is 10.0 Å². The van der Waals surface area contributed by atoms with Crippen molar-refractivity contribution in [1.29, 1.82) is 0 Å². The van der Waals surface area contributed by atoms with Crippen LogP contribution in [0.3, 0.4) is 0 Å². The average molecular weight is 474 g/mol. The summed E-state index contributed by atoms with van der Waals surface area (Å²) in [6, 6.07) is 13.0. The number of carbonyl (C=O) groups excluding carboxylic acids is 1. The topological polar surface area (TPSA) is 70.0 Å². The van der Waals surface area contributed by atoms with Gasteiger partial charge in [-0.15, -0.1) is 4.40 Å². The number of benzene rings is 2. The third kappa shape index (κ3) is 3.18. The van der Waals surface area contributed by atoms with E-state index >= 15 is 0 Å². The zero-order valence-electron chi connectivity index (χ0n) is 15.7. The first kappa shape index (κ1) is 18.8. The minimum absolute atomic E-state index is 0.0466. The lowest BCUT2D eigenvalue weighted by atomic mass is 9.94. The molecule has 3 heterocycles. The van der Waals surface area contributed by atoms with Crippen molar-refractivity contribution >= 4 is 43.4 Å². The molecule has 0 unspecified atom stereocenters. The zero-order chi connectivity index (χ0) is 20.2. The summed E-state index contributed by atoms with van der Waals surface area (Å²) in [5.74, 6) is 0.643. The molecular formula is C21H20BrN3O3S. The molecule has 0 aromatic heterocycles.